The maximum absolute atomic E-state index is 14.5. The van der Waals surface area contributed by atoms with Crippen LogP contribution in [0.25, 0.3) is 22.1 Å². The molecule has 35 heavy (non-hydrogen) atoms. The Morgan fingerprint density at radius 1 is 1.20 bits per heavy atom. The second-order valence-electron chi connectivity index (χ2n) is 9.71. The molecule has 2 amide bonds. The van der Waals surface area contributed by atoms with Crippen LogP contribution < -0.4 is 10.0 Å². The van der Waals surface area contributed by atoms with Gasteiger partial charge < -0.3 is 9.42 Å². The molecule has 0 unspecified atom stereocenters. The van der Waals surface area contributed by atoms with Gasteiger partial charge in [-0.05, 0) is 43.1 Å². The van der Waals surface area contributed by atoms with Gasteiger partial charge in [0.2, 0.25) is 0 Å². The largest absolute Gasteiger partial charge is 0.354 e. The Morgan fingerprint density at radius 3 is 2.49 bits per heavy atom. The zero-order valence-electron chi connectivity index (χ0n) is 20.4. The molecule has 2 atom stereocenters. The summed E-state index contributed by atoms with van der Waals surface area (Å²) in [5, 5.41) is 10.00. The van der Waals surface area contributed by atoms with E-state index in [1.807, 2.05) is 4.90 Å². The van der Waals surface area contributed by atoms with Crippen molar-refractivity contribution in [2.45, 2.75) is 32.7 Å². The maximum atomic E-state index is 14.5. The van der Waals surface area contributed by atoms with E-state index in [0.717, 1.165) is 18.6 Å². The van der Waals surface area contributed by atoms with Crippen LogP contribution in [-0.4, -0.2) is 53.5 Å². The summed E-state index contributed by atoms with van der Waals surface area (Å²) >= 11 is 0. The average molecular weight is 509 g/mol. The monoisotopic (exact) mass is 508 g/mol. The minimum absolute atomic E-state index is 0.165. The van der Waals surface area contributed by atoms with Crippen molar-refractivity contribution in [2.75, 3.05) is 36.3 Å². The Morgan fingerprint density at radius 2 is 1.86 bits per heavy atom. The van der Waals surface area contributed by atoms with Gasteiger partial charge in [-0.1, -0.05) is 31.1 Å². The number of carbonyl (C=O) groups is 1. The summed E-state index contributed by atoms with van der Waals surface area (Å²) in [6, 6.07) is 5.99. The first kappa shape index (κ1) is 25.4. The van der Waals surface area contributed by atoms with Crippen LogP contribution in [0.2, 0.25) is 0 Å². The number of anilines is 1. The molecule has 2 fully saturated rings. The van der Waals surface area contributed by atoms with E-state index < -0.39 is 27.7 Å². The molecule has 0 spiro atoms. The van der Waals surface area contributed by atoms with Gasteiger partial charge in [0.25, 0.3) is 0 Å². The number of hydrogen-bond acceptors (Lipinski definition) is 4. The molecule has 2 aliphatic heterocycles. The van der Waals surface area contributed by atoms with Gasteiger partial charge in [-0.3, -0.25) is 10.0 Å². The van der Waals surface area contributed by atoms with E-state index in [4.69, 9.17) is 9.66 Å². The van der Waals surface area contributed by atoms with E-state index in [1.54, 1.807) is 12.1 Å². The summed E-state index contributed by atoms with van der Waals surface area (Å²) in [6.07, 6.45) is 5.96. The van der Waals surface area contributed by atoms with Gasteiger partial charge in [0.15, 0.2) is 11.4 Å². The molecule has 0 saturated carbocycles. The van der Waals surface area contributed by atoms with Gasteiger partial charge in [-0.25, -0.2) is 18.0 Å². The summed E-state index contributed by atoms with van der Waals surface area (Å²) in [6.45, 7) is 5.34. The van der Waals surface area contributed by atoms with Crippen molar-refractivity contribution in [1.82, 2.24) is 10.1 Å². The Balaban J connectivity index is 0.000000431. The van der Waals surface area contributed by atoms with Crippen molar-refractivity contribution in [3.63, 3.8) is 0 Å². The molecule has 3 aromatic rings. The molecule has 2 aliphatic rings. The predicted molar refractivity (Wildman–Crippen MR) is 135 cm³/mol. The van der Waals surface area contributed by atoms with Gasteiger partial charge in [0, 0.05) is 36.8 Å². The summed E-state index contributed by atoms with van der Waals surface area (Å²) in [5.74, 6) is -1.27. The Hall–Kier alpha value is -2.72. The van der Waals surface area contributed by atoms with Crippen LogP contribution in [-0.2, 0) is 0 Å². The van der Waals surface area contributed by atoms with Gasteiger partial charge in [0.05, 0.1) is 10.9 Å². The molecule has 10 heteroatoms. The third-order valence-corrected chi connectivity index (χ3v) is 8.03. The van der Waals surface area contributed by atoms with E-state index >= 15 is 0 Å². The number of rotatable bonds is 3. The third-order valence-electron chi connectivity index (χ3n) is 6.54. The Kier molecular flexibility index (Phi) is 7.06. The zero-order chi connectivity index (χ0) is 25.5. The van der Waals surface area contributed by atoms with Gasteiger partial charge in [0.1, 0.15) is 17.5 Å². The van der Waals surface area contributed by atoms with E-state index in [2.05, 4.69) is 31.5 Å². The van der Waals surface area contributed by atoms with Crippen LogP contribution in [0.1, 0.15) is 26.7 Å². The average Bonchev–Trinajstić information content (AvgIpc) is 3.37. The van der Waals surface area contributed by atoms with E-state index in [-0.39, 0.29) is 29.0 Å². The minimum Gasteiger partial charge on any atom is -0.354 e. The van der Waals surface area contributed by atoms with E-state index in [1.165, 1.54) is 11.0 Å². The first-order valence-corrected chi connectivity index (χ1v) is 14.3. The number of carbonyl (C=O) groups excluding carboxylic acids is 1. The maximum Gasteiger partial charge on any atom is 0.326 e. The summed E-state index contributed by atoms with van der Waals surface area (Å²) in [5.41, 5.74) is 0.0855. The van der Waals surface area contributed by atoms with Crippen molar-refractivity contribution in [3.8, 4) is 11.1 Å². The normalized spacial score (nSPS) is 20.6. The second-order valence-corrected chi connectivity index (χ2v) is 13.5. The molecule has 1 aromatic heterocycles. The van der Waals surface area contributed by atoms with E-state index in [0.29, 0.717) is 42.1 Å². The lowest BCUT2D eigenvalue weighted by atomic mass is 9.99. The standard InChI is InChI=1S/C21H18F3N3O2.C4H13NS/c1-11-7-13-5-6-26(21(28)27(13)10-11)20-19-14(3-2-4-17(19)29-25-20)18-15(23)8-12(22)9-16(18)24;1-4-6(2,3)5/h2-4,8-9,11,13H,5-7,10H2,1H3;4-5H2,1-3H3/t11-,13+;/m0./s1. The third kappa shape index (κ3) is 5.13. The minimum atomic E-state index is -1.03. The lowest BCUT2D eigenvalue weighted by Gasteiger charge is -2.36. The quantitative estimate of drug-likeness (QED) is 0.478. The molecular weight excluding hydrogens is 477 g/mol. The van der Waals surface area contributed by atoms with Crippen LogP contribution in [0, 0.1) is 23.4 Å². The van der Waals surface area contributed by atoms with Crippen molar-refractivity contribution in [2.24, 2.45) is 11.1 Å². The number of halogens is 3. The number of fused-ring (bicyclic) bond motifs is 2. The van der Waals surface area contributed by atoms with Gasteiger partial charge in [-0.2, -0.15) is 10.2 Å². The predicted octanol–water partition coefficient (Wildman–Crippen LogP) is 5.90. The van der Waals surface area contributed by atoms with Crippen molar-refractivity contribution >= 4 is 33.0 Å². The number of nitrogens with two attached hydrogens (primary N) is 1. The van der Waals surface area contributed by atoms with Crippen LogP contribution in [0.4, 0.5) is 23.8 Å². The number of nitrogens with zero attached hydrogens (tertiary/aromatic N) is 3. The fraction of sp³-hybridized carbons (Fsp3) is 0.440. The van der Waals surface area contributed by atoms with Gasteiger partial charge in [-0.15, -0.1) is 0 Å². The molecule has 3 heterocycles. The highest BCUT2D eigenvalue weighted by molar-refractivity contribution is 8.30. The number of urea groups is 1. The molecule has 2 saturated heterocycles. The molecule has 0 radical (unpaired) electrons. The zero-order valence-corrected chi connectivity index (χ0v) is 21.2. The number of hydrogen-bond donors (Lipinski definition) is 1. The second kappa shape index (κ2) is 9.73. The first-order chi connectivity index (χ1) is 16.5. The SMILES string of the molecule is CCS(C)(C)N.C[C@H]1C[C@H]2CCN(c3noc4cccc(-c5c(F)cc(F)cc5F)c34)C(=O)N2C1. The van der Waals surface area contributed by atoms with Crippen molar-refractivity contribution in [3.05, 3.63) is 47.8 Å². The number of benzene rings is 2. The van der Waals surface area contributed by atoms with E-state index in [9.17, 15) is 18.0 Å². The molecule has 6 nitrogen and oxygen atoms in total. The molecule has 190 valence electrons. The lowest BCUT2D eigenvalue weighted by Crippen LogP contribution is -2.52. The summed E-state index contributed by atoms with van der Waals surface area (Å²) in [4.78, 5) is 16.4. The van der Waals surface area contributed by atoms with Crippen LogP contribution in [0.15, 0.2) is 34.9 Å². The highest BCUT2D eigenvalue weighted by atomic mass is 32.3. The summed E-state index contributed by atoms with van der Waals surface area (Å²) in [7, 11) is -0.662. The Bertz CT molecular complexity index is 1220. The van der Waals surface area contributed by atoms with Crippen molar-refractivity contribution < 1.29 is 22.5 Å². The summed E-state index contributed by atoms with van der Waals surface area (Å²) < 4.78 is 47.7. The first-order valence-electron chi connectivity index (χ1n) is 11.6. The highest BCUT2D eigenvalue weighted by Gasteiger charge is 2.41. The van der Waals surface area contributed by atoms with Crippen LogP contribution in [0.5, 0.6) is 0 Å². The van der Waals surface area contributed by atoms with Gasteiger partial charge >= 0.3 is 6.03 Å². The molecular formula is C25H31F3N4O2S. The van der Waals surface area contributed by atoms with Crippen LogP contribution >= 0.6 is 10.2 Å². The fourth-order valence-corrected chi connectivity index (χ4v) is 4.55. The fourth-order valence-electron chi connectivity index (χ4n) is 4.55. The molecule has 2 aromatic carbocycles. The lowest BCUT2D eigenvalue weighted by molar-refractivity contribution is 0.184. The van der Waals surface area contributed by atoms with Crippen LogP contribution in [0.3, 0.4) is 0 Å². The molecule has 2 N–H and O–H groups in total. The smallest absolute Gasteiger partial charge is 0.326 e. The molecule has 0 aliphatic carbocycles. The molecule has 0 bridgehead atoms. The number of amides is 2. The topological polar surface area (TPSA) is 75.6 Å². The number of aromatic nitrogens is 1. The van der Waals surface area contributed by atoms with Crippen molar-refractivity contribution in [1.29, 1.82) is 0 Å². The Labute approximate surface area is 204 Å². The molecule has 5 rings (SSSR count). The highest BCUT2D eigenvalue weighted by Crippen LogP contribution is 2.40.